The Kier molecular flexibility index (Phi) is 5.68. The van der Waals surface area contributed by atoms with E-state index in [-0.39, 0.29) is 0 Å². The fraction of sp³-hybridized carbons (Fsp3) is 0.545. The van der Waals surface area contributed by atoms with Crippen molar-refractivity contribution in [3.05, 3.63) is 23.9 Å². The minimum absolute atomic E-state index is 0.425. The Morgan fingerprint density at radius 2 is 2.40 bits per heavy atom. The molecular formula is C11H17NO2S. The van der Waals surface area contributed by atoms with Gasteiger partial charge in [-0.15, -0.1) is 11.8 Å². The number of methoxy groups -OCH3 is 1. The maximum absolute atomic E-state index is 9.40. The third-order valence-electron chi connectivity index (χ3n) is 1.98. The second-order valence-corrected chi connectivity index (χ2v) is 4.41. The lowest BCUT2D eigenvalue weighted by atomic mass is 10.2. The number of ether oxygens (including phenoxy) is 1. The summed E-state index contributed by atoms with van der Waals surface area (Å²) in [5.74, 6) is 0.990. The van der Waals surface area contributed by atoms with E-state index in [2.05, 4.69) is 4.98 Å². The summed E-state index contributed by atoms with van der Waals surface area (Å²) in [6, 6.07) is 3.77. The predicted molar refractivity (Wildman–Crippen MR) is 62.1 cm³/mol. The molecule has 1 N–H and O–H groups in total. The first-order valence-corrected chi connectivity index (χ1v) is 5.98. The summed E-state index contributed by atoms with van der Waals surface area (Å²) in [7, 11) is 1.71. The maximum atomic E-state index is 9.40. The number of aliphatic hydroxyl groups is 1. The second kappa shape index (κ2) is 6.82. The van der Waals surface area contributed by atoms with Crippen molar-refractivity contribution in [2.24, 2.45) is 0 Å². The van der Waals surface area contributed by atoms with Crippen LogP contribution in [0.4, 0.5) is 0 Å². The van der Waals surface area contributed by atoms with E-state index in [1.54, 1.807) is 32.0 Å². The van der Waals surface area contributed by atoms with E-state index in [0.717, 1.165) is 29.4 Å². The Morgan fingerprint density at radius 3 is 3.07 bits per heavy atom. The average molecular weight is 227 g/mol. The van der Waals surface area contributed by atoms with E-state index in [4.69, 9.17) is 4.74 Å². The van der Waals surface area contributed by atoms with Crippen LogP contribution in [0.2, 0.25) is 0 Å². The highest BCUT2D eigenvalue weighted by Gasteiger charge is 2.02. The van der Waals surface area contributed by atoms with Gasteiger partial charge in [-0.25, -0.2) is 4.98 Å². The summed E-state index contributed by atoms with van der Waals surface area (Å²) in [4.78, 5) is 4.23. The Hall–Kier alpha value is -0.580. The van der Waals surface area contributed by atoms with Crippen LogP contribution in [-0.2, 0) is 4.74 Å². The lowest BCUT2D eigenvalue weighted by molar-refractivity contribution is 0.198. The van der Waals surface area contributed by atoms with E-state index >= 15 is 0 Å². The van der Waals surface area contributed by atoms with E-state index in [1.165, 1.54) is 0 Å². The van der Waals surface area contributed by atoms with E-state index in [1.807, 2.05) is 12.1 Å². The van der Waals surface area contributed by atoms with Crippen LogP contribution >= 0.6 is 11.8 Å². The number of nitrogens with zero attached hydrogens (tertiary/aromatic N) is 1. The van der Waals surface area contributed by atoms with Crippen molar-refractivity contribution >= 4 is 11.8 Å². The van der Waals surface area contributed by atoms with Gasteiger partial charge in [0.25, 0.3) is 0 Å². The molecule has 4 heteroatoms. The van der Waals surface area contributed by atoms with Gasteiger partial charge < -0.3 is 9.84 Å². The topological polar surface area (TPSA) is 42.4 Å². The molecule has 1 heterocycles. The molecule has 0 bridgehead atoms. The molecule has 0 radical (unpaired) electrons. The van der Waals surface area contributed by atoms with E-state index in [9.17, 15) is 5.11 Å². The number of aromatic nitrogens is 1. The number of rotatable bonds is 6. The zero-order chi connectivity index (χ0) is 11.1. The number of aliphatic hydroxyl groups excluding tert-OH is 1. The highest BCUT2D eigenvalue weighted by molar-refractivity contribution is 7.99. The molecule has 15 heavy (non-hydrogen) atoms. The summed E-state index contributed by atoms with van der Waals surface area (Å²) in [5.41, 5.74) is 0.916. The van der Waals surface area contributed by atoms with Crippen LogP contribution in [0.25, 0.3) is 0 Å². The van der Waals surface area contributed by atoms with Crippen molar-refractivity contribution in [1.29, 1.82) is 0 Å². The van der Waals surface area contributed by atoms with Crippen molar-refractivity contribution in [3.63, 3.8) is 0 Å². The highest BCUT2D eigenvalue weighted by atomic mass is 32.2. The van der Waals surface area contributed by atoms with Crippen molar-refractivity contribution in [1.82, 2.24) is 4.98 Å². The molecule has 0 spiro atoms. The van der Waals surface area contributed by atoms with Crippen molar-refractivity contribution < 1.29 is 9.84 Å². The smallest absolute Gasteiger partial charge is 0.0963 e. The molecule has 1 aromatic rings. The van der Waals surface area contributed by atoms with Crippen LogP contribution in [-0.4, -0.2) is 29.6 Å². The molecule has 3 nitrogen and oxygen atoms in total. The molecule has 84 valence electrons. The number of pyridine rings is 1. The fourth-order valence-corrected chi connectivity index (χ4v) is 1.97. The van der Waals surface area contributed by atoms with Crippen LogP contribution in [0, 0.1) is 0 Å². The zero-order valence-electron chi connectivity index (χ0n) is 9.14. The molecule has 0 fully saturated rings. The third-order valence-corrected chi connectivity index (χ3v) is 3.00. The molecule has 0 saturated carbocycles. The summed E-state index contributed by atoms with van der Waals surface area (Å²) >= 11 is 1.69. The Labute approximate surface area is 94.9 Å². The molecule has 1 atom stereocenters. The van der Waals surface area contributed by atoms with Gasteiger partial charge in [-0.1, -0.05) is 0 Å². The van der Waals surface area contributed by atoms with Gasteiger partial charge in [0.05, 0.1) is 11.1 Å². The van der Waals surface area contributed by atoms with E-state index < -0.39 is 6.10 Å². The molecule has 0 aliphatic heterocycles. The Bertz CT molecular complexity index is 292. The van der Waals surface area contributed by atoms with Crippen molar-refractivity contribution in [3.8, 4) is 0 Å². The highest BCUT2D eigenvalue weighted by Crippen LogP contribution is 2.20. The van der Waals surface area contributed by atoms with E-state index in [0.29, 0.717) is 0 Å². The van der Waals surface area contributed by atoms with Crippen LogP contribution in [0.3, 0.4) is 0 Å². The van der Waals surface area contributed by atoms with Gasteiger partial charge in [-0.2, -0.15) is 0 Å². The van der Waals surface area contributed by atoms with Crippen LogP contribution in [0.15, 0.2) is 23.4 Å². The molecule has 0 aromatic carbocycles. The SMILES string of the molecule is COCCCSc1cc(C(C)O)ccn1. The van der Waals surface area contributed by atoms with Gasteiger partial charge in [0.15, 0.2) is 0 Å². The first-order chi connectivity index (χ1) is 7.24. The first-order valence-electron chi connectivity index (χ1n) is 5.00. The first kappa shape index (κ1) is 12.5. The molecule has 1 unspecified atom stereocenters. The van der Waals surface area contributed by atoms with Gasteiger partial charge >= 0.3 is 0 Å². The zero-order valence-corrected chi connectivity index (χ0v) is 9.96. The minimum atomic E-state index is -0.425. The van der Waals surface area contributed by atoms with Crippen LogP contribution < -0.4 is 0 Å². The summed E-state index contributed by atoms with van der Waals surface area (Å²) in [6.45, 7) is 2.54. The number of thioether (sulfide) groups is 1. The van der Waals surface area contributed by atoms with Gasteiger partial charge in [0.2, 0.25) is 0 Å². The van der Waals surface area contributed by atoms with Gasteiger partial charge in [-0.3, -0.25) is 0 Å². The van der Waals surface area contributed by atoms with Gasteiger partial charge in [-0.05, 0) is 31.0 Å². The summed E-state index contributed by atoms with van der Waals surface area (Å²) in [6.07, 6.45) is 2.33. The maximum Gasteiger partial charge on any atom is 0.0963 e. The molecule has 0 aliphatic carbocycles. The van der Waals surface area contributed by atoms with Crippen LogP contribution in [0.5, 0.6) is 0 Å². The molecule has 1 rings (SSSR count). The van der Waals surface area contributed by atoms with Gasteiger partial charge in [0, 0.05) is 25.7 Å². The van der Waals surface area contributed by atoms with Crippen molar-refractivity contribution in [2.75, 3.05) is 19.5 Å². The standard InChI is InChI=1S/C11H17NO2S/c1-9(13)10-4-5-12-11(8-10)15-7-3-6-14-2/h4-5,8-9,13H,3,6-7H2,1-2H3. The lowest BCUT2D eigenvalue weighted by Crippen LogP contribution is -1.94. The summed E-state index contributed by atoms with van der Waals surface area (Å²) in [5, 5.41) is 10.4. The van der Waals surface area contributed by atoms with Crippen molar-refractivity contribution in [2.45, 2.75) is 24.5 Å². The quantitative estimate of drug-likeness (QED) is 0.598. The Balaban J connectivity index is 2.43. The third kappa shape index (κ3) is 4.64. The Morgan fingerprint density at radius 1 is 1.60 bits per heavy atom. The van der Waals surface area contributed by atoms with Crippen LogP contribution in [0.1, 0.15) is 25.0 Å². The second-order valence-electron chi connectivity index (χ2n) is 3.30. The molecule has 0 saturated heterocycles. The average Bonchev–Trinajstić information content (AvgIpc) is 2.25. The monoisotopic (exact) mass is 227 g/mol. The normalized spacial score (nSPS) is 12.7. The molecule has 1 aromatic heterocycles. The molecule has 0 aliphatic rings. The van der Waals surface area contributed by atoms with Gasteiger partial charge in [0.1, 0.15) is 0 Å². The molecular weight excluding hydrogens is 210 g/mol. The lowest BCUT2D eigenvalue weighted by Gasteiger charge is -2.06. The number of hydrogen-bond acceptors (Lipinski definition) is 4. The predicted octanol–water partition coefficient (Wildman–Crippen LogP) is 2.26. The fourth-order valence-electron chi connectivity index (χ4n) is 1.14. The minimum Gasteiger partial charge on any atom is -0.389 e. The molecule has 0 amide bonds. The number of hydrogen-bond donors (Lipinski definition) is 1. The largest absolute Gasteiger partial charge is 0.389 e. The summed E-state index contributed by atoms with van der Waals surface area (Å²) < 4.78 is 4.97.